The number of hydrogen-bond acceptors (Lipinski definition) is 2. The molecule has 1 saturated heterocycles. The van der Waals surface area contributed by atoms with Gasteiger partial charge in [0.2, 0.25) is 0 Å². The van der Waals surface area contributed by atoms with Crippen molar-refractivity contribution in [1.29, 1.82) is 0 Å². The fraction of sp³-hybridized carbons (Fsp3) is 0.455. The molecule has 0 radical (unpaired) electrons. The van der Waals surface area contributed by atoms with E-state index in [1.807, 2.05) is 25.1 Å². The minimum absolute atomic E-state index is 0.257. The SMILES string of the molecule is Cc1ccc(OCC2CCO2)c(Cl)c1. The van der Waals surface area contributed by atoms with Crippen molar-refractivity contribution in [3.05, 3.63) is 28.8 Å². The second-order valence-electron chi connectivity index (χ2n) is 3.53. The lowest BCUT2D eigenvalue weighted by Crippen LogP contribution is -2.32. The van der Waals surface area contributed by atoms with Gasteiger partial charge in [0.25, 0.3) is 0 Å². The lowest BCUT2D eigenvalue weighted by atomic mass is 10.2. The zero-order chi connectivity index (χ0) is 9.97. The van der Waals surface area contributed by atoms with Gasteiger partial charge >= 0.3 is 0 Å². The largest absolute Gasteiger partial charge is 0.489 e. The maximum absolute atomic E-state index is 6.01. The summed E-state index contributed by atoms with van der Waals surface area (Å²) in [5.41, 5.74) is 1.14. The van der Waals surface area contributed by atoms with E-state index in [-0.39, 0.29) is 6.10 Å². The van der Waals surface area contributed by atoms with Gasteiger partial charge in [-0.1, -0.05) is 17.7 Å². The van der Waals surface area contributed by atoms with Gasteiger partial charge in [0.15, 0.2) is 0 Å². The van der Waals surface area contributed by atoms with E-state index in [0.29, 0.717) is 11.6 Å². The van der Waals surface area contributed by atoms with Gasteiger partial charge in [-0.25, -0.2) is 0 Å². The highest BCUT2D eigenvalue weighted by molar-refractivity contribution is 6.32. The molecule has 0 bridgehead atoms. The molecule has 0 N–H and O–H groups in total. The molecule has 0 spiro atoms. The van der Waals surface area contributed by atoms with E-state index in [9.17, 15) is 0 Å². The third kappa shape index (κ3) is 2.20. The Morgan fingerprint density at radius 3 is 2.93 bits per heavy atom. The molecule has 1 aromatic carbocycles. The monoisotopic (exact) mass is 212 g/mol. The minimum atomic E-state index is 0.257. The Morgan fingerprint density at radius 1 is 1.57 bits per heavy atom. The van der Waals surface area contributed by atoms with Crippen molar-refractivity contribution < 1.29 is 9.47 Å². The molecule has 0 amide bonds. The van der Waals surface area contributed by atoms with Gasteiger partial charge in [-0.15, -0.1) is 0 Å². The Morgan fingerprint density at radius 2 is 2.36 bits per heavy atom. The van der Waals surface area contributed by atoms with Crippen molar-refractivity contribution in [1.82, 2.24) is 0 Å². The van der Waals surface area contributed by atoms with E-state index in [0.717, 1.165) is 24.3 Å². The lowest BCUT2D eigenvalue weighted by Gasteiger charge is -2.26. The number of rotatable bonds is 3. The van der Waals surface area contributed by atoms with Crippen molar-refractivity contribution in [3.8, 4) is 5.75 Å². The summed E-state index contributed by atoms with van der Waals surface area (Å²) in [4.78, 5) is 0. The third-order valence-electron chi connectivity index (χ3n) is 2.31. The van der Waals surface area contributed by atoms with Crippen LogP contribution in [0.2, 0.25) is 5.02 Å². The van der Waals surface area contributed by atoms with Crippen LogP contribution in [0.3, 0.4) is 0 Å². The maximum Gasteiger partial charge on any atom is 0.138 e. The molecule has 1 fully saturated rings. The topological polar surface area (TPSA) is 18.5 Å². The van der Waals surface area contributed by atoms with Crippen LogP contribution in [0, 0.1) is 6.92 Å². The van der Waals surface area contributed by atoms with E-state index in [1.54, 1.807) is 0 Å². The zero-order valence-corrected chi connectivity index (χ0v) is 8.88. The first-order valence-electron chi connectivity index (χ1n) is 4.76. The molecule has 1 atom stereocenters. The first-order chi connectivity index (χ1) is 6.75. The van der Waals surface area contributed by atoms with Crippen LogP contribution in [0.25, 0.3) is 0 Å². The molecule has 14 heavy (non-hydrogen) atoms. The normalized spacial score (nSPS) is 20.3. The number of aryl methyl sites for hydroxylation is 1. The quantitative estimate of drug-likeness (QED) is 0.767. The molecule has 1 aliphatic rings. The average Bonchev–Trinajstić information content (AvgIpc) is 2.05. The number of benzene rings is 1. The molecule has 0 aromatic heterocycles. The summed E-state index contributed by atoms with van der Waals surface area (Å²) >= 11 is 6.01. The van der Waals surface area contributed by atoms with Crippen molar-refractivity contribution in [2.24, 2.45) is 0 Å². The van der Waals surface area contributed by atoms with Crippen LogP contribution in [-0.4, -0.2) is 19.3 Å². The maximum atomic E-state index is 6.01. The van der Waals surface area contributed by atoms with Crippen LogP contribution in [0.5, 0.6) is 5.75 Å². The Labute approximate surface area is 88.8 Å². The predicted molar refractivity (Wildman–Crippen MR) is 56.0 cm³/mol. The van der Waals surface area contributed by atoms with Gasteiger partial charge in [-0.3, -0.25) is 0 Å². The Bertz CT molecular complexity index is 321. The van der Waals surface area contributed by atoms with E-state index in [1.165, 1.54) is 0 Å². The lowest BCUT2D eigenvalue weighted by molar-refractivity contribution is -0.0720. The molecule has 1 aliphatic heterocycles. The summed E-state index contributed by atoms with van der Waals surface area (Å²) in [7, 11) is 0. The molecule has 2 rings (SSSR count). The zero-order valence-electron chi connectivity index (χ0n) is 8.13. The molecule has 2 nitrogen and oxygen atoms in total. The van der Waals surface area contributed by atoms with Gasteiger partial charge in [0.05, 0.1) is 11.1 Å². The van der Waals surface area contributed by atoms with E-state index in [2.05, 4.69) is 0 Å². The molecule has 0 saturated carbocycles. The molecule has 3 heteroatoms. The molecule has 1 unspecified atom stereocenters. The van der Waals surface area contributed by atoms with Crippen molar-refractivity contribution in [2.45, 2.75) is 19.4 Å². The molecule has 76 valence electrons. The molecule has 1 heterocycles. The highest BCUT2D eigenvalue weighted by Crippen LogP contribution is 2.26. The Balaban J connectivity index is 1.94. The van der Waals surface area contributed by atoms with Crippen LogP contribution < -0.4 is 4.74 Å². The summed E-state index contributed by atoms with van der Waals surface area (Å²) in [6, 6.07) is 5.79. The average molecular weight is 213 g/mol. The first kappa shape index (κ1) is 9.81. The highest BCUT2D eigenvalue weighted by Gasteiger charge is 2.18. The van der Waals surface area contributed by atoms with Crippen molar-refractivity contribution in [3.63, 3.8) is 0 Å². The number of ether oxygens (including phenoxy) is 2. The molecular formula is C11H13ClO2. The smallest absolute Gasteiger partial charge is 0.138 e. The Hall–Kier alpha value is -0.730. The van der Waals surface area contributed by atoms with Gasteiger partial charge in [-0.2, -0.15) is 0 Å². The van der Waals surface area contributed by atoms with Crippen LogP contribution in [0.15, 0.2) is 18.2 Å². The van der Waals surface area contributed by atoms with Crippen molar-refractivity contribution >= 4 is 11.6 Å². The van der Waals surface area contributed by atoms with Crippen LogP contribution in [-0.2, 0) is 4.74 Å². The highest BCUT2D eigenvalue weighted by atomic mass is 35.5. The fourth-order valence-electron chi connectivity index (χ4n) is 1.32. The predicted octanol–water partition coefficient (Wildman–Crippen LogP) is 2.82. The van der Waals surface area contributed by atoms with Gasteiger partial charge in [0, 0.05) is 13.0 Å². The molecule has 1 aromatic rings. The number of halogens is 1. The minimum Gasteiger partial charge on any atom is -0.489 e. The summed E-state index contributed by atoms with van der Waals surface area (Å²) in [5.74, 6) is 0.743. The van der Waals surface area contributed by atoms with Crippen molar-refractivity contribution in [2.75, 3.05) is 13.2 Å². The first-order valence-corrected chi connectivity index (χ1v) is 5.14. The van der Waals surface area contributed by atoms with Crippen LogP contribution in [0.4, 0.5) is 0 Å². The second-order valence-corrected chi connectivity index (χ2v) is 3.93. The summed E-state index contributed by atoms with van der Waals surface area (Å²) in [5, 5.41) is 0.671. The standard InChI is InChI=1S/C11H13ClO2/c1-8-2-3-11(10(12)6-8)14-7-9-4-5-13-9/h2-3,6,9H,4-5,7H2,1H3. The summed E-state index contributed by atoms with van der Waals surface area (Å²) in [6.45, 7) is 3.46. The van der Waals surface area contributed by atoms with E-state index >= 15 is 0 Å². The van der Waals surface area contributed by atoms with Crippen LogP contribution in [0.1, 0.15) is 12.0 Å². The van der Waals surface area contributed by atoms with Gasteiger partial charge < -0.3 is 9.47 Å². The fourth-order valence-corrected chi connectivity index (χ4v) is 1.61. The summed E-state index contributed by atoms with van der Waals surface area (Å²) in [6.07, 6.45) is 1.34. The van der Waals surface area contributed by atoms with Gasteiger partial charge in [-0.05, 0) is 24.6 Å². The second kappa shape index (κ2) is 4.20. The Kier molecular flexibility index (Phi) is 2.94. The molecular weight excluding hydrogens is 200 g/mol. The molecule has 0 aliphatic carbocycles. The third-order valence-corrected chi connectivity index (χ3v) is 2.60. The van der Waals surface area contributed by atoms with Gasteiger partial charge in [0.1, 0.15) is 12.4 Å². The van der Waals surface area contributed by atoms with E-state index < -0.39 is 0 Å². The summed E-state index contributed by atoms with van der Waals surface area (Å²) < 4.78 is 10.8. The number of hydrogen-bond donors (Lipinski definition) is 0. The van der Waals surface area contributed by atoms with E-state index in [4.69, 9.17) is 21.1 Å². The van der Waals surface area contributed by atoms with Crippen LogP contribution >= 0.6 is 11.6 Å².